The van der Waals surface area contributed by atoms with Crippen molar-refractivity contribution >= 4 is 11.9 Å². The molecule has 17 heavy (non-hydrogen) atoms. The van der Waals surface area contributed by atoms with Crippen LogP contribution in [0.15, 0.2) is 0 Å². The maximum atomic E-state index is 12.1. The van der Waals surface area contributed by atoms with Crippen LogP contribution in [-0.4, -0.2) is 40.5 Å². The molecule has 1 amide bonds. The molecule has 0 fully saturated rings. The summed E-state index contributed by atoms with van der Waals surface area (Å²) in [5, 5.41) is 8.81. The molecule has 0 aromatic rings. The third kappa shape index (κ3) is 5.68. The Balaban J connectivity index is 4.67. The molecule has 0 aliphatic heterocycles. The van der Waals surface area contributed by atoms with Crippen LogP contribution >= 0.6 is 0 Å². The Morgan fingerprint density at radius 2 is 1.82 bits per heavy atom. The summed E-state index contributed by atoms with van der Waals surface area (Å²) in [6.07, 6.45) is 1.29. The normalized spacial score (nSPS) is 14.5. The molecule has 2 atom stereocenters. The lowest BCUT2D eigenvalue weighted by molar-refractivity contribution is -0.146. The molecule has 0 radical (unpaired) electrons. The molecule has 0 aliphatic rings. The average Bonchev–Trinajstić information content (AvgIpc) is 2.22. The largest absolute Gasteiger partial charge is 0.480 e. The van der Waals surface area contributed by atoms with Gasteiger partial charge in [-0.1, -0.05) is 20.8 Å². The number of carboxylic acids is 1. The Hall–Kier alpha value is -1.10. The number of hydrogen-bond acceptors (Lipinski definition) is 3. The van der Waals surface area contributed by atoms with Gasteiger partial charge in [0.2, 0.25) is 5.91 Å². The number of hydrogen-bond donors (Lipinski definition) is 2. The number of amides is 1. The molecular weight excluding hydrogens is 220 g/mol. The minimum absolute atomic E-state index is 0.100. The first-order chi connectivity index (χ1) is 7.79. The van der Waals surface area contributed by atoms with Crippen molar-refractivity contribution < 1.29 is 14.7 Å². The van der Waals surface area contributed by atoms with Gasteiger partial charge < -0.3 is 15.7 Å². The number of carbonyl (C=O) groups excluding carboxylic acids is 1. The highest BCUT2D eigenvalue weighted by atomic mass is 16.4. The molecule has 0 saturated carbocycles. The highest BCUT2D eigenvalue weighted by molar-refractivity contribution is 5.85. The van der Waals surface area contributed by atoms with Crippen molar-refractivity contribution in [3.8, 4) is 0 Å². The van der Waals surface area contributed by atoms with Gasteiger partial charge in [0.05, 0.1) is 6.04 Å². The maximum absolute atomic E-state index is 12.1. The molecule has 5 nitrogen and oxygen atoms in total. The molecule has 0 rings (SSSR count). The molecule has 1 unspecified atom stereocenters. The van der Waals surface area contributed by atoms with Gasteiger partial charge in [-0.2, -0.15) is 0 Å². The molecule has 100 valence electrons. The lowest BCUT2D eigenvalue weighted by Crippen LogP contribution is -2.50. The second-order valence-electron chi connectivity index (χ2n) is 4.85. The van der Waals surface area contributed by atoms with Crippen molar-refractivity contribution in [1.29, 1.82) is 0 Å². The van der Waals surface area contributed by atoms with Crippen molar-refractivity contribution in [2.24, 2.45) is 11.7 Å². The first kappa shape index (κ1) is 15.9. The van der Waals surface area contributed by atoms with Gasteiger partial charge in [-0.15, -0.1) is 0 Å². The lowest BCUT2D eigenvalue weighted by Gasteiger charge is -2.29. The van der Waals surface area contributed by atoms with Crippen molar-refractivity contribution in [1.82, 2.24) is 4.90 Å². The summed E-state index contributed by atoms with van der Waals surface area (Å²) in [6, 6.07) is -0.708. The molecule has 0 spiro atoms. The van der Waals surface area contributed by atoms with E-state index in [1.54, 1.807) is 0 Å². The molecule has 5 heteroatoms. The predicted molar refractivity (Wildman–Crippen MR) is 66.5 cm³/mol. The van der Waals surface area contributed by atoms with Crippen molar-refractivity contribution in [2.75, 3.05) is 6.54 Å². The Morgan fingerprint density at radius 3 is 2.18 bits per heavy atom. The summed E-state index contributed by atoms with van der Waals surface area (Å²) >= 11 is 0. The molecule has 0 aromatic carbocycles. The SMILES string of the molecule is CCC(C)N(CC(=O)O)C(=O)[C@@H](N)CC(C)C. The molecular formula is C12H24N2O3. The highest BCUT2D eigenvalue weighted by Gasteiger charge is 2.26. The molecule has 0 heterocycles. The summed E-state index contributed by atoms with van der Waals surface area (Å²) in [5.41, 5.74) is 5.80. The fourth-order valence-electron chi connectivity index (χ4n) is 1.64. The second kappa shape index (κ2) is 7.27. The van der Waals surface area contributed by atoms with Crippen LogP contribution in [0.25, 0.3) is 0 Å². The van der Waals surface area contributed by atoms with Crippen molar-refractivity contribution in [3.05, 3.63) is 0 Å². The summed E-state index contributed by atoms with van der Waals surface area (Å²) in [5.74, 6) is -0.955. The van der Waals surface area contributed by atoms with E-state index in [1.807, 2.05) is 27.7 Å². The van der Waals surface area contributed by atoms with Gasteiger partial charge >= 0.3 is 5.97 Å². The van der Waals surface area contributed by atoms with Crippen LogP contribution in [0.3, 0.4) is 0 Å². The fourth-order valence-corrected chi connectivity index (χ4v) is 1.64. The zero-order chi connectivity index (χ0) is 13.6. The zero-order valence-corrected chi connectivity index (χ0v) is 11.1. The summed E-state index contributed by atoms with van der Waals surface area (Å²) in [4.78, 5) is 24.2. The predicted octanol–water partition coefficient (Wildman–Crippen LogP) is 1.07. The van der Waals surface area contributed by atoms with E-state index in [9.17, 15) is 9.59 Å². The summed E-state index contributed by atoms with van der Waals surface area (Å²) in [7, 11) is 0. The van der Waals surface area contributed by atoms with Gasteiger partial charge in [0.15, 0.2) is 0 Å². The van der Waals surface area contributed by atoms with E-state index >= 15 is 0 Å². The molecule has 3 N–H and O–H groups in total. The van der Waals surface area contributed by atoms with E-state index in [0.29, 0.717) is 18.8 Å². The Kier molecular flexibility index (Phi) is 6.80. The number of carboxylic acid groups (broad SMARTS) is 1. The minimum atomic E-state index is -1.00. The molecule has 0 aromatic heterocycles. The van der Waals surface area contributed by atoms with Crippen LogP contribution < -0.4 is 5.73 Å². The first-order valence-corrected chi connectivity index (χ1v) is 6.07. The zero-order valence-electron chi connectivity index (χ0n) is 11.1. The monoisotopic (exact) mass is 244 g/mol. The van der Waals surface area contributed by atoms with Crippen LogP contribution in [0.4, 0.5) is 0 Å². The van der Waals surface area contributed by atoms with Gasteiger partial charge in [-0.3, -0.25) is 9.59 Å². The average molecular weight is 244 g/mol. The quantitative estimate of drug-likeness (QED) is 0.701. The van der Waals surface area contributed by atoms with Gasteiger partial charge in [-0.25, -0.2) is 0 Å². The number of nitrogens with two attached hydrogens (primary N) is 1. The van der Waals surface area contributed by atoms with Gasteiger partial charge in [0.1, 0.15) is 6.54 Å². The van der Waals surface area contributed by atoms with E-state index in [2.05, 4.69) is 0 Å². The van der Waals surface area contributed by atoms with E-state index in [1.165, 1.54) is 4.90 Å². The van der Waals surface area contributed by atoms with Crippen LogP contribution in [0.1, 0.15) is 40.5 Å². The number of aliphatic carboxylic acids is 1. The van der Waals surface area contributed by atoms with Crippen molar-refractivity contribution in [3.63, 3.8) is 0 Å². The second-order valence-corrected chi connectivity index (χ2v) is 4.85. The maximum Gasteiger partial charge on any atom is 0.323 e. The van der Waals surface area contributed by atoms with Gasteiger partial charge in [0.25, 0.3) is 0 Å². The molecule has 0 bridgehead atoms. The summed E-state index contributed by atoms with van der Waals surface area (Å²) < 4.78 is 0. The van der Waals surface area contributed by atoms with E-state index < -0.39 is 12.0 Å². The molecule has 0 saturated heterocycles. The smallest absolute Gasteiger partial charge is 0.323 e. The van der Waals surface area contributed by atoms with E-state index in [-0.39, 0.29) is 18.5 Å². The van der Waals surface area contributed by atoms with Crippen LogP contribution in [-0.2, 0) is 9.59 Å². The lowest BCUT2D eigenvalue weighted by atomic mass is 10.0. The van der Waals surface area contributed by atoms with E-state index in [4.69, 9.17) is 10.8 Å². The first-order valence-electron chi connectivity index (χ1n) is 6.07. The third-order valence-corrected chi connectivity index (χ3v) is 2.75. The van der Waals surface area contributed by atoms with E-state index in [0.717, 1.165) is 0 Å². The van der Waals surface area contributed by atoms with Crippen LogP contribution in [0, 0.1) is 5.92 Å². The van der Waals surface area contributed by atoms with Crippen LogP contribution in [0.2, 0.25) is 0 Å². The fraction of sp³-hybridized carbons (Fsp3) is 0.833. The Morgan fingerprint density at radius 1 is 1.29 bits per heavy atom. The number of rotatable bonds is 7. The Labute approximate surface area is 103 Å². The Bertz CT molecular complexity index is 266. The summed E-state index contributed by atoms with van der Waals surface area (Å²) in [6.45, 7) is 7.44. The molecule has 0 aliphatic carbocycles. The van der Waals surface area contributed by atoms with Gasteiger partial charge in [0, 0.05) is 6.04 Å². The number of nitrogens with zero attached hydrogens (tertiary/aromatic N) is 1. The highest BCUT2D eigenvalue weighted by Crippen LogP contribution is 2.10. The third-order valence-electron chi connectivity index (χ3n) is 2.75. The number of carbonyl (C=O) groups is 2. The topological polar surface area (TPSA) is 83.6 Å². The van der Waals surface area contributed by atoms with Gasteiger partial charge in [-0.05, 0) is 25.7 Å². The minimum Gasteiger partial charge on any atom is -0.480 e. The standard InChI is InChI=1S/C12H24N2O3/c1-5-9(4)14(7-11(15)16)12(17)10(13)6-8(2)3/h8-10H,5-7,13H2,1-4H3,(H,15,16)/t9?,10-/m0/s1. The van der Waals surface area contributed by atoms with Crippen molar-refractivity contribution in [2.45, 2.75) is 52.6 Å². The van der Waals surface area contributed by atoms with Crippen LogP contribution in [0.5, 0.6) is 0 Å².